The highest BCUT2D eigenvalue weighted by molar-refractivity contribution is 7.55. The molecule has 8 nitrogen and oxygen atoms in total. The lowest BCUT2D eigenvalue weighted by Gasteiger charge is -2.44. The molecule has 1 heterocycles. The van der Waals surface area contributed by atoms with Crippen molar-refractivity contribution in [2.24, 2.45) is 0 Å². The quantitative estimate of drug-likeness (QED) is 0.610. The maximum absolute atomic E-state index is 15.3. The van der Waals surface area contributed by atoms with Gasteiger partial charge in [0.1, 0.15) is 11.3 Å². The van der Waals surface area contributed by atoms with Crippen LogP contribution >= 0.6 is 7.60 Å². The number of amides is 1. The minimum atomic E-state index is -5.05. The summed E-state index contributed by atoms with van der Waals surface area (Å²) in [5, 5.41) is 10.9. The third kappa shape index (κ3) is 4.67. The zero-order valence-electron chi connectivity index (χ0n) is 17.7. The SMILES string of the molecule is CCOP(=O)(OCC)C(F)(F)C(C)(O)[C@H]1COC(C)(C)N1C(=O)OC(C)(C)C. The van der Waals surface area contributed by atoms with E-state index in [2.05, 4.69) is 0 Å². The summed E-state index contributed by atoms with van der Waals surface area (Å²) in [5.41, 5.74) is -9.58. The molecule has 1 N–H and O–H groups in total. The monoisotopic (exact) mass is 431 g/mol. The van der Waals surface area contributed by atoms with Gasteiger partial charge in [0.05, 0.1) is 25.9 Å². The number of halogens is 2. The summed E-state index contributed by atoms with van der Waals surface area (Å²) in [4.78, 5) is 13.6. The molecule has 28 heavy (non-hydrogen) atoms. The van der Waals surface area contributed by atoms with Crippen LogP contribution in [0.25, 0.3) is 0 Å². The van der Waals surface area contributed by atoms with Crippen molar-refractivity contribution >= 4 is 13.7 Å². The lowest BCUT2D eigenvalue weighted by Crippen LogP contribution is -2.63. The van der Waals surface area contributed by atoms with Gasteiger partial charge in [-0.3, -0.25) is 9.46 Å². The Balaban J connectivity index is 3.39. The Kier molecular flexibility index (Phi) is 7.34. The van der Waals surface area contributed by atoms with Gasteiger partial charge in [-0.2, -0.15) is 8.78 Å². The Bertz CT molecular complexity index is 609. The van der Waals surface area contributed by atoms with Crippen LogP contribution in [0.2, 0.25) is 0 Å². The molecule has 0 spiro atoms. The molecule has 1 rings (SSSR count). The van der Waals surface area contributed by atoms with Gasteiger partial charge in [-0.25, -0.2) is 4.79 Å². The second-order valence-corrected chi connectivity index (χ2v) is 10.2. The number of alkyl halides is 2. The number of nitrogens with zero attached hydrogens (tertiary/aromatic N) is 1. The van der Waals surface area contributed by atoms with E-state index in [1.807, 2.05) is 0 Å². The number of carbonyl (C=O) groups is 1. The molecule has 0 radical (unpaired) electrons. The molecule has 0 aliphatic carbocycles. The first kappa shape index (κ1) is 25.2. The Morgan fingerprint density at radius 3 is 2.07 bits per heavy atom. The fourth-order valence-corrected chi connectivity index (χ4v) is 4.67. The van der Waals surface area contributed by atoms with E-state index in [9.17, 15) is 14.5 Å². The first-order valence-electron chi connectivity index (χ1n) is 9.12. The van der Waals surface area contributed by atoms with Crippen molar-refractivity contribution in [2.75, 3.05) is 19.8 Å². The van der Waals surface area contributed by atoms with Crippen LogP contribution in [0, 0.1) is 0 Å². The molecule has 1 saturated heterocycles. The summed E-state index contributed by atoms with van der Waals surface area (Å²) in [6.07, 6.45) is -0.946. The molecular weight excluding hydrogens is 399 g/mol. The van der Waals surface area contributed by atoms with Crippen molar-refractivity contribution < 1.29 is 41.8 Å². The zero-order chi connectivity index (χ0) is 22.2. The van der Waals surface area contributed by atoms with Crippen LogP contribution in [0.15, 0.2) is 0 Å². The molecule has 0 bridgehead atoms. The molecule has 166 valence electrons. The van der Waals surface area contributed by atoms with E-state index in [0.717, 1.165) is 11.8 Å². The van der Waals surface area contributed by atoms with Crippen molar-refractivity contribution in [3.63, 3.8) is 0 Å². The highest BCUT2D eigenvalue weighted by Crippen LogP contribution is 2.66. The van der Waals surface area contributed by atoms with Gasteiger partial charge in [0.25, 0.3) is 0 Å². The van der Waals surface area contributed by atoms with Gasteiger partial charge < -0.3 is 23.6 Å². The van der Waals surface area contributed by atoms with Crippen LogP contribution in [0.4, 0.5) is 13.6 Å². The summed E-state index contributed by atoms with van der Waals surface area (Å²) in [5.74, 6) is 0. The fourth-order valence-electron chi connectivity index (χ4n) is 2.89. The van der Waals surface area contributed by atoms with Crippen molar-refractivity contribution in [1.82, 2.24) is 4.90 Å². The summed E-state index contributed by atoms with van der Waals surface area (Å²) in [7, 11) is -5.05. The Labute approximate surface area is 165 Å². The molecule has 11 heteroatoms. The molecular formula is C17H32F2NO7P. The smallest absolute Gasteiger partial charge is 0.413 e. The molecule has 0 aromatic heterocycles. The molecule has 1 aliphatic rings. The molecule has 0 aromatic rings. The maximum Gasteiger partial charge on any atom is 0.413 e. The van der Waals surface area contributed by atoms with E-state index in [1.165, 1.54) is 27.7 Å². The third-order valence-corrected chi connectivity index (χ3v) is 6.61. The number of hydrogen-bond donors (Lipinski definition) is 1. The highest BCUT2D eigenvalue weighted by atomic mass is 31.2. The first-order chi connectivity index (χ1) is 12.5. The van der Waals surface area contributed by atoms with E-state index in [1.54, 1.807) is 20.8 Å². The van der Waals surface area contributed by atoms with E-state index < -0.39 is 48.9 Å². The highest BCUT2D eigenvalue weighted by Gasteiger charge is 2.71. The van der Waals surface area contributed by atoms with Gasteiger partial charge in [-0.15, -0.1) is 0 Å². The summed E-state index contributed by atoms with van der Waals surface area (Å²) < 4.78 is 63.7. The lowest BCUT2D eigenvalue weighted by molar-refractivity contribution is -0.164. The van der Waals surface area contributed by atoms with Gasteiger partial charge >= 0.3 is 19.4 Å². The molecule has 2 atom stereocenters. The minimum absolute atomic E-state index is 0.314. The third-order valence-electron chi connectivity index (χ3n) is 4.28. The summed E-state index contributed by atoms with van der Waals surface area (Å²) in [6.45, 7) is 10.3. The second kappa shape index (κ2) is 8.14. The molecule has 0 aromatic carbocycles. The number of aliphatic hydroxyl groups is 1. The Morgan fingerprint density at radius 2 is 1.68 bits per heavy atom. The molecule has 1 amide bonds. The zero-order valence-corrected chi connectivity index (χ0v) is 18.6. The number of rotatable bonds is 7. The van der Waals surface area contributed by atoms with Crippen molar-refractivity contribution in [2.45, 2.75) is 84.0 Å². The van der Waals surface area contributed by atoms with Crippen LogP contribution < -0.4 is 0 Å². The molecule has 1 fully saturated rings. The Hall–Kier alpha value is -0.800. The second-order valence-electron chi connectivity index (χ2n) is 8.15. The van der Waals surface area contributed by atoms with Gasteiger partial charge in [0.2, 0.25) is 0 Å². The predicted octanol–water partition coefficient (Wildman–Crippen LogP) is 3.97. The summed E-state index contributed by atoms with van der Waals surface area (Å²) in [6, 6.07) is -1.57. The average molecular weight is 431 g/mol. The average Bonchev–Trinajstić information content (AvgIpc) is 2.81. The van der Waals surface area contributed by atoms with Crippen LogP contribution in [0.1, 0.15) is 55.4 Å². The number of carbonyl (C=O) groups excluding carboxylic acids is 1. The maximum atomic E-state index is 15.3. The predicted molar refractivity (Wildman–Crippen MR) is 98.3 cm³/mol. The molecule has 1 aliphatic heterocycles. The fraction of sp³-hybridized carbons (Fsp3) is 0.941. The molecule has 1 unspecified atom stereocenters. The number of hydrogen-bond acceptors (Lipinski definition) is 7. The van der Waals surface area contributed by atoms with E-state index in [-0.39, 0.29) is 13.2 Å². The molecule has 0 saturated carbocycles. The minimum Gasteiger partial charge on any atom is -0.444 e. The van der Waals surface area contributed by atoms with Gasteiger partial charge in [-0.1, -0.05) is 0 Å². The summed E-state index contributed by atoms with van der Waals surface area (Å²) >= 11 is 0. The van der Waals surface area contributed by atoms with Crippen LogP contribution in [0.5, 0.6) is 0 Å². The van der Waals surface area contributed by atoms with E-state index in [4.69, 9.17) is 18.5 Å². The standard InChI is InChI=1S/C17H32F2NO7P/c1-9-25-28(23,26-10-2)17(18,19)16(8,22)12-11-24-15(6,7)20(12)13(21)27-14(3,4)5/h12,22H,9-11H2,1-8H3/t12-,16?/m1/s1. The van der Waals surface area contributed by atoms with Crippen molar-refractivity contribution in [3.8, 4) is 0 Å². The number of ether oxygens (including phenoxy) is 2. The Morgan fingerprint density at radius 1 is 1.21 bits per heavy atom. The van der Waals surface area contributed by atoms with Crippen LogP contribution in [0.3, 0.4) is 0 Å². The van der Waals surface area contributed by atoms with Gasteiger partial charge in [0, 0.05) is 0 Å². The van der Waals surface area contributed by atoms with E-state index in [0.29, 0.717) is 0 Å². The van der Waals surface area contributed by atoms with Crippen LogP contribution in [-0.2, 0) is 23.1 Å². The van der Waals surface area contributed by atoms with Gasteiger partial charge in [-0.05, 0) is 55.4 Å². The first-order valence-corrected chi connectivity index (χ1v) is 10.7. The lowest BCUT2D eigenvalue weighted by atomic mass is 9.95. The van der Waals surface area contributed by atoms with Crippen LogP contribution in [-0.4, -0.2) is 64.6 Å². The van der Waals surface area contributed by atoms with Crippen molar-refractivity contribution in [1.29, 1.82) is 0 Å². The van der Waals surface area contributed by atoms with Crippen molar-refractivity contribution in [3.05, 3.63) is 0 Å². The normalized spacial score (nSPS) is 22.8. The topological polar surface area (TPSA) is 94.5 Å². The van der Waals surface area contributed by atoms with E-state index >= 15 is 8.78 Å². The van der Waals surface area contributed by atoms with Gasteiger partial charge in [0.15, 0.2) is 5.60 Å². The largest absolute Gasteiger partial charge is 0.444 e.